The first-order chi connectivity index (χ1) is 20.0. The number of hydrogen-bond donors (Lipinski definition) is 4. The fraction of sp³-hybridized carbons (Fsp3) is 0.161. The van der Waals surface area contributed by atoms with Crippen LogP contribution in [0, 0.1) is 0 Å². The Hall–Kier alpha value is -5.31. The zero-order valence-corrected chi connectivity index (χ0v) is 22.2. The first kappa shape index (κ1) is 27.3. The van der Waals surface area contributed by atoms with Crippen LogP contribution in [0.2, 0.25) is 0 Å². The minimum absolute atomic E-state index is 0.185. The van der Waals surface area contributed by atoms with Crippen molar-refractivity contribution in [2.75, 3.05) is 33.9 Å². The molecule has 0 saturated carbocycles. The van der Waals surface area contributed by atoms with Crippen molar-refractivity contribution in [1.29, 1.82) is 0 Å². The van der Waals surface area contributed by atoms with Crippen molar-refractivity contribution in [1.82, 2.24) is 0 Å². The summed E-state index contributed by atoms with van der Waals surface area (Å²) in [4.78, 5) is 30.2. The van der Waals surface area contributed by atoms with Gasteiger partial charge in [-0.1, -0.05) is 17.2 Å². The standard InChI is InChI=1S/C31H29N7O3/c32-37-36-27-5-1-21(2-6-27)30(40)34-25-11-7-23(8-12-25)33-24-9-13-26(14-10-24)35-31(41)22-3-15-28(16-4-22)38-19-17-29(39)18-20-38/h1-16,29,33,39H,17-20H2,(H,34,40)(H,35,41). The molecule has 0 aliphatic carbocycles. The zero-order chi connectivity index (χ0) is 28.6. The van der Waals surface area contributed by atoms with Crippen LogP contribution in [0.25, 0.3) is 10.4 Å². The molecule has 1 fully saturated rings. The highest BCUT2D eigenvalue weighted by Gasteiger charge is 2.17. The Morgan fingerprint density at radius 3 is 1.61 bits per heavy atom. The molecule has 4 N–H and O–H groups in total. The predicted octanol–water partition coefficient (Wildman–Crippen LogP) is 6.84. The Labute approximate surface area is 237 Å². The molecule has 0 aromatic heterocycles. The van der Waals surface area contributed by atoms with Gasteiger partial charge in [-0.3, -0.25) is 9.59 Å². The fourth-order valence-electron chi connectivity index (χ4n) is 4.53. The minimum atomic E-state index is -0.269. The van der Waals surface area contributed by atoms with Crippen LogP contribution < -0.4 is 20.9 Å². The molecule has 4 aromatic carbocycles. The van der Waals surface area contributed by atoms with E-state index in [1.54, 1.807) is 36.4 Å². The molecule has 10 nitrogen and oxygen atoms in total. The highest BCUT2D eigenvalue weighted by atomic mass is 16.3. The van der Waals surface area contributed by atoms with Gasteiger partial charge < -0.3 is 26.0 Å². The van der Waals surface area contributed by atoms with Gasteiger partial charge in [0, 0.05) is 63.3 Å². The van der Waals surface area contributed by atoms with E-state index in [2.05, 4.69) is 30.9 Å². The maximum atomic E-state index is 12.7. The first-order valence-electron chi connectivity index (χ1n) is 13.2. The number of rotatable bonds is 8. The van der Waals surface area contributed by atoms with Crippen LogP contribution in [0.3, 0.4) is 0 Å². The fourth-order valence-corrected chi connectivity index (χ4v) is 4.53. The molecule has 41 heavy (non-hydrogen) atoms. The molecule has 206 valence electrons. The number of carbonyl (C=O) groups excluding carboxylic acids is 2. The third kappa shape index (κ3) is 7.21. The number of anilines is 5. The van der Waals surface area contributed by atoms with E-state index in [9.17, 15) is 14.7 Å². The van der Waals surface area contributed by atoms with Crippen LogP contribution in [0.5, 0.6) is 0 Å². The monoisotopic (exact) mass is 547 g/mol. The van der Waals surface area contributed by atoms with Gasteiger partial charge in [0.05, 0.1) is 6.10 Å². The summed E-state index contributed by atoms with van der Waals surface area (Å²) in [6.45, 7) is 1.62. The second kappa shape index (κ2) is 12.7. The third-order valence-corrected chi connectivity index (χ3v) is 6.82. The van der Waals surface area contributed by atoms with E-state index in [0.29, 0.717) is 28.2 Å². The Morgan fingerprint density at radius 2 is 1.15 bits per heavy atom. The third-order valence-electron chi connectivity index (χ3n) is 6.82. The maximum absolute atomic E-state index is 12.7. The highest BCUT2D eigenvalue weighted by molar-refractivity contribution is 6.05. The summed E-state index contributed by atoms with van der Waals surface area (Å²) < 4.78 is 0. The van der Waals surface area contributed by atoms with Gasteiger partial charge in [-0.05, 0) is 103 Å². The number of nitrogens with zero attached hydrogens (tertiary/aromatic N) is 4. The Kier molecular flexibility index (Phi) is 8.44. The van der Waals surface area contributed by atoms with Gasteiger partial charge in [0.25, 0.3) is 11.8 Å². The summed E-state index contributed by atoms with van der Waals surface area (Å²) >= 11 is 0. The molecule has 0 radical (unpaired) electrons. The lowest BCUT2D eigenvalue weighted by atomic mass is 10.1. The van der Waals surface area contributed by atoms with E-state index in [4.69, 9.17) is 5.53 Å². The molecule has 1 saturated heterocycles. The van der Waals surface area contributed by atoms with Crippen LogP contribution in [-0.2, 0) is 0 Å². The lowest BCUT2D eigenvalue weighted by Crippen LogP contribution is -2.35. The first-order valence-corrected chi connectivity index (χ1v) is 13.2. The van der Waals surface area contributed by atoms with Gasteiger partial charge in [0.2, 0.25) is 0 Å². The second-order valence-electron chi connectivity index (χ2n) is 9.69. The molecule has 1 aliphatic rings. The van der Waals surface area contributed by atoms with Crippen LogP contribution >= 0.6 is 0 Å². The van der Waals surface area contributed by atoms with Gasteiger partial charge >= 0.3 is 0 Å². The van der Waals surface area contributed by atoms with E-state index < -0.39 is 0 Å². The quantitative estimate of drug-likeness (QED) is 0.109. The number of aliphatic hydroxyl groups excluding tert-OH is 1. The largest absolute Gasteiger partial charge is 0.393 e. The lowest BCUT2D eigenvalue weighted by Gasteiger charge is -2.31. The number of piperidine rings is 1. The molecule has 0 atom stereocenters. The van der Waals surface area contributed by atoms with Crippen LogP contribution in [0.15, 0.2) is 102 Å². The smallest absolute Gasteiger partial charge is 0.255 e. The van der Waals surface area contributed by atoms with Crippen molar-refractivity contribution < 1.29 is 14.7 Å². The summed E-state index contributed by atoms with van der Waals surface area (Å²) in [5.41, 5.74) is 14.0. The average Bonchev–Trinajstić information content (AvgIpc) is 3.00. The van der Waals surface area contributed by atoms with Gasteiger partial charge in [-0.2, -0.15) is 0 Å². The lowest BCUT2D eigenvalue weighted by molar-refractivity contribution is 0.101. The molecule has 0 spiro atoms. The van der Waals surface area contributed by atoms with Gasteiger partial charge in [-0.15, -0.1) is 0 Å². The normalized spacial score (nSPS) is 13.1. The van der Waals surface area contributed by atoms with Crippen molar-refractivity contribution in [3.8, 4) is 0 Å². The summed E-state index contributed by atoms with van der Waals surface area (Å²) in [7, 11) is 0. The molecule has 1 aliphatic heterocycles. The van der Waals surface area contributed by atoms with Crippen molar-refractivity contribution in [2.24, 2.45) is 5.11 Å². The van der Waals surface area contributed by atoms with Crippen LogP contribution in [-0.4, -0.2) is 36.1 Å². The Bertz CT molecular complexity index is 1540. The number of benzene rings is 4. The summed E-state index contributed by atoms with van der Waals surface area (Å²) in [6, 6.07) is 28.6. The average molecular weight is 548 g/mol. The molecular formula is C31H29N7O3. The van der Waals surface area contributed by atoms with Crippen LogP contribution in [0.4, 0.5) is 34.1 Å². The summed E-state index contributed by atoms with van der Waals surface area (Å²) in [5.74, 6) is -0.454. The van der Waals surface area contributed by atoms with Gasteiger partial charge in [0.1, 0.15) is 0 Å². The molecular weight excluding hydrogens is 518 g/mol. The van der Waals surface area contributed by atoms with Crippen molar-refractivity contribution in [2.45, 2.75) is 18.9 Å². The maximum Gasteiger partial charge on any atom is 0.255 e. The number of carbonyl (C=O) groups is 2. The minimum Gasteiger partial charge on any atom is -0.393 e. The Morgan fingerprint density at radius 1 is 0.707 bits per heavy atom. The van der Waals surface area contributed by atoms with E-state index >= 15 is 0 Å². The second-order valence-corrected chi connectivity index (χ2v) is 9.69. The van der Waals surface area contributed by atoms with Gasteiger partial charge in [0.15, 0.2) is 0 Å². The summed E-state index contributed by atoms with van der Waals surface area (Å²) in [5, 5.41) is 22.3. The van der Waals surface area contributed by atoms with E-state index in [0.717, 1.165) is 43.0 Å². The Balaban J connectivity index is 1.12. The molecule has 0 bridgehead atoms. The topological polar surface area (TPSA) is 142 Å². The molecule has 0 unspecified atom stereocenters. The molecule has 4 aromatic rings. The number of azide groups is 1. The van der Waals surface area contributed by atoms with Gasteiger partial charge in [-0.25, -0.2) is 0 Å². The highest BCUT2D eigenvalue weighted by Crippen LogP contribution is 2.23. The number of amides is 2. The molecule has 5 rings (SSSR count). The number of hydrogen-bond acceptors (Lipinski definition) is 6. The molecule has 10 heteroatoms. The summed E-state index contributed by atoms with van der Waals surface area (Å²) in [6.07, 6.45) is 1.30. The van der Waals surface area contributed by atoms with E-state index in [1.165, 1.54) is 0 Å². The molecule has 2 amide bonds. The van der Waals surface area contributed by atoms with Crippen LogP contribution in [0.1, 0.15) is 33.6 Å². The SMILES string of the molecule is [N-]=[N+]=Nc1ccc(C(=O)Nc2ccc(Nc3ccc(NC(=O)c4ccc(N5CCC(O)CC5)cc4)cc3)cc2)cc1. The van der Waals surface area contributed by atoms with Crippen molar-refractivity contribution in [3.05, 3.63) is 119 Å². The number of aliphatic hydroxyl groups is 1. The van der Waals surface area contributed by atoms with E-state index in [1.807, 2.05) is 60.7 Å². The van der Waals surface area contributed by atoms with Crippen molar-refractivity contribution in [3.63, 3.8) is 0 Å². The van der Waals surface area contributed by atoms with E-state index in [-0.39, 0.29) is 17.9 Å². The number of nitrogens with one attached hydrogen (secondary N) is 3. The predicted molar refractivity (Wildman–Crippen MR) is 161 cm³/mol. The van der Waals surface area contributed by atoms with Crippen molar-refractivity contribution >= 4 is 45.9 Å². The molecule has 1 heterocycles. The zero-order valence-electron chi connectivity index (χ0n) is 22.2.